The van der Waals surface area contributed by atoms with Crippen molar-refractivity contribution >= 4 is 16.8 Å². The van der Waals surface area contributed by atoms with Crippen LogP contribution in [0.1, 0.15) is 50.3 Å². The molecule has 0 unspecified atom stereocenters. The van der Waals surface area contributed by atoms with Crippen LogP contribution in [0.4, 0.5) is 0 Å². The molecular formula is C19H21Y-. The van der Waals surface area contributed by atoms with Gasteiger partial charge in [0.2, 0.25) is 0 Å². The van der Waals surface area contributed by atoms with Crippen molar-refractivity contribution in [3.63, 3.8) is 0 Å². The molecule has 0 heterocycles. The van der Waals surface area contributed by atoms with E-state index in [-0.39, 0.29) is 38.1 Å². The van der Waals surface area contributed by atoms with Gasteiger partial charge in [-0.3, -0.25) is 0 Å². The molecule has 0 atom stereocenters. The molecule has 1 aliphatic rings. The van der Waals surface area contributed by atoms with Gasteiger partial charge in [0.05, 0.1) is 0 Å². The van der Waals surface area contributed by atoms with E-state index in [9.17, 15) is 0 Å². The molecule has 2 aromatic carbocycles. The maximum atomic E-state index is 3.53. The van der Waals surface area contributed by atoms with Gasteiger partial charge in [0.15, 0.2) is 0 Å². The molecule has 3 rings (SSSR count). The van der Waals surface area contributed by atoms with Gasteiger partial charge >= 0.3 is 0 Å². The minimum atomic E-state index is 0. The van der Waals surface area contributed by atoms with Crippen molar-refractivity contribution < 1.29 is 32.7 Å². The van der Waals surface area contributed by atoms with E-state index in [1.54, 1.807) is 0 Å². The summed E-state index contributed by atoms with van der Waals surface area (Å²) in [5.41, 5.74) is 5.92. The molecule has 0 N–H and O–H groups in total. The number of fused-ring (bicyclic) bond motifs is 3. The number of allylic oxidation sites excluding steroid dienone is 1. The Kier molecular flexibility index (Phi) is 4.57. The summed E-state index contributed by atoms with van der Waals surface area (Å²) in [5.74, 6) is 0. The van der Waals surface area contributed by atoms with Crippen molar-refractivity contribution in [3.8, 4) is 0 Å². The fourth-order valence-electron chi connectivity index (χ4n) is 3.75. The third-order valence-electron chi connectivity index (χ3n) is 4.91. The zero-order valence-corrected chi connectivity index (χ0v) is 15.7. The Labute approximate surface area is 147 Å². The SMILES string of the molecule is CCC1(CC)C(C)=Cc2ccc3cc(C)c[c-]c3c21.[Y]. The predicted molar refractivity (Wildman–Crippen MR) is 83.4 cm³/mol. The summed E-state index contributed by atoms with van der Waals surface area (Å²) in [5, 5.41) is 2.65. The van der Waals surface area contributed by atoms with Gasteiger partial charge in [0, 0.05) is 32.7 Å². The second-order valence-electron chi connectivity index (χ2n) is 5.79. The van der Waals surface area contributed by atoms with Crippen molar-refractivity contribution in [2.24, 2.45) is 0 Å². The van der Waals surface area contributed by atoms with Crippen LogP contribution in [0.5, 0.6) is 0 Å². The summed E-state index contributed by atoms with van der Waals surface area (Å²) in [6.07, 6.45) is 4.70. The predicted octanol–water partition coefficient (Wildman–Crippen LogP) is 5.42. The average molecular weight is 338 g/mol. The molecule has 0 saturated heterocycles. The summed E-state index contributed by atoms with van der Waals surface area (Å²) in [4.78, 5) is 0. The standard InChI is InChI=1S/C19H21.Y/c1-5-19(6-2)14(4)12-16-9-8-15-11-13(3)7-10-17(15)18(16)19;/h7-9,11-12H,5-6H2,1-4H3;/q-1;. The molecular weight excluding hydrogens is 317 g/mol. The molecule has 0 fully saturated rings. The zero-order valence-electron chi connectivity index (χ0n) is 12.9. The Hall–Kier alpha value is -0.456. The first-order valence-electron chi connectivity index (χ1n) is 7.26. The van der Waals surface area contributed by atoms with E-state index in [0.29, 0.717) is 0 Å². The molecule has 1 radical (unpaired) electrons. The fraction of sp³-hybridized carbons (Fsp3) is 0.368. The third kappa shape index (κ3) is 2.12. The quantitative estimate of drug-likeness (QED) is 0.641. The van der Waals surface area contributed by atoms with Crippen LogP contribution >= 0.6 is 0 Å². The van der Waals surface area contributed by atoms with Gasteiger partial charge in [-0.25, -0.2) is 0 Å². The van der Waals surface area contributed by atoms with Gasteiger partial charge in [-0.1, -0.05) is 63.0 Å². The molecule has 0 spiro atoms. The van der Waals surface area contributed by atoms with Crippen molar-refractivity contribution in [2.45, 2.75) is 46.0 Å². The number of benzene rings is 2. The van der Waals surface area contributed by atoms with Crippen molar-refractivity contribution in [2.75, 3.05) is 0 Å². The molecule has 0 aliphatic heterocycles. The summed E-state index contributed by atoms with van der Waals surface area (Å²) in [6.45, 7) is 9.04. The van der Waals surface area contributed by atoms with Crippen LogP contribution in [0.3, 0.4) is 0 Å². The first-order chi connectivity index (χ1) is 9.12. The van der Waals surface area contributed by atoms with E-state index in [1.807, 2.05) is 0 Å². The van der Waals surface area contributed by atoms with Gasteiger partial charge in [-0.2, -0.15) is 0 Å². The second kappa shape index (κ2) is 5.74. The van der Waals surface area contributed by atoms with Gasteiger partial charge in [-0.05, 0) is 12.3 Å². The van der Waals surface area contributed by atoms with Crippen LogP contribution in [-0.4, -0.2) is 0 Å². The second-order valence-corrected chi connectivity index (χ2v) is 5.79. The molecule has 1 heteroatoms. The van der Waals surface area contributed by atoms with Crippen LogP contribution in [0.25, 0.3) is 16.8 Å². The average Bonchev–Trinajstić information content (AvgIpc) is 2.70. The van der Waals surface area contributed by atoms with E-state index in [2.05, 4.69) is 64.1 Å². The maximum Gasteiger partial charge on any atom is 0 e. The van der Waals surface area contributed by atoms with E-state index in [4.69, 9.17) is 0 Å². The van der Waals surface area contributed by atoms with Crippen molar-refractivity contribution in [1.29, 1.82) is 0 Å². The van der Waals surface area contributed by atoms with E-state index < -0.39 is 0 Å². The van der Waals surface area contributed by atoms with Crippen molar-refractivity contribution in [1.82, 2.24) is 0 Å². The Balaban J connectivity index is 0.00000147. The van der Waals surface area contributed by atoms with Gasteiger partial charge < -0.3 is 0 Å². The summed E-state index contributed by atoms with van der Waals surface area (Å²) >= 11 is 0. The largest absolute Gasteiger partial charge is 0.144 e. The number of rotatable bonds is 2. The van der Waals surface area contributed by atoms with E-state index in [1.165, 1.54) is 45.9 Å². The molecule has 0 bridgehead atoms. The molecule has 1 aliphatic carbocycles. The molecule has 0 saturated carbocycles. The van der Waals surface area contributed by atoms with Gasteiger partial charge in [0.25, 0.3) is 0 Å². The topological polar surface area (TPSA) is 0 Å². The Bertz CT molecular complexity index is 675. The van der Waals surface area contributed by atoms with E-state index >= 15 is 0 Å². The molecule has 2 aromatic rings. The van der Waals surface area contributed by atoms with Gasteiger partial charge in [-0.15, -0.1) is 40.1 Å². The van der Waals surface area contributed by atoms with Crippen LogP contribution in [0.15, 0.2) is 29.8 Å². The minimum Gasteiger partial charge on any atom is -0.144 e. The minimum absolute atomic E-state index is 0. The van der Waals surface area contributed by atoms with Crippen LogP contribution in [0, 0.1) is 13.0 Å². The molecule has 0 aromatic heterocycles. The summed E-state index contributed by atoms with van der Waals surface area (Å²) < 4.78 is 0. The third-order valence-corrected chi connectivity index (χ3v) is 4.91. The first-order valence-corrected chi connectivity index (χ1v) is 7.26. The maximum absolute atomic E-state index is 3.53. The summed E-state index contributed by atoms with van der Waals surface area (Å²) in [6, 6.07) is 12.4. The van der Waals surface area contributed by atoms with E-state index in [0.717, 1.165) is 0 Å². The first kappa shape index (κ1) is 15.9. The molecule has 20 heavy (non-hydrogen) atoms. The van der Waals surface area contributed by atoms with Crippen LogP contribution < -0.4 is 0 Å². The number of hydrogen-bond donors (Lipinski definition) is 0. The number of hydrogen-bond acceptors (Lipinski definition) is 0. The molecule has 0 nitrogen and oxygen atoms in total. The fourth-order valence-corrected chi connectivity index (χ4v) is 3.75. The smallest absolute Gasteiger partial charge is 0 e. The Morgan fingerprint density at radius 2 is 1.80 bits per heavy atom. The van der Waals surface area contributed by atoms with Crippen LogP contribution in [0.2, 0.25) is 0 Å². The van der Waals surface area contributed by atoms with Crippen LogP contribution in [-0.2, 0) is 38.1 Å². The van der Waals surface area contributed by atoms with Crippen molar-refractivity contribution in [3.05, 3.63) is 52.6 Å². The molecule has 0 amide bonds. The Morgan fingerprint density at radius 1 is 1.10 bits per heavy atom. The summed E-state index contributed by atoms with van der Waals surface area (Å²) in [7, 11) is 0. The normalized spacial score (nSPS) is 15.7. The monoisotopic (exact) mass is 338 g/mol. The zero-order chi connectivity index (χ0) is 13.6. The Morgan fingerprint density at radius 3 is 2.45 bits per heavy atom. The molecule has 101 valence electrons. The number of aryl methyl sites for hydroxylation is 1. The van der Waals surface area contributed by atoms with Gasteiger partial charge in [0.1, 0.15) is 0 Å².